The summed E-state index contributed by atoms with van der Waals surface area (Å²) in [5.41, 5.74) is 0. The Hall–Kier alpha value is -1.15. The summed E-state index contributed by atoms with van der Waals surface area (Å²) in [6, 6.07) is -0.523. The summed E-state index contributed by atoms with van der Waals surface area (Å²) >= 11 is -1.52. The Morgan fingerprint density at radius 1 is 1.65 bits per heavy atom. The monoisotopic (exact) mass is 263 g/mol. The van der Waals surface area contributed by atoms with Gasteiger partial charge < -0.3 is 10.4 Å². The van der Waals surface area contributed by atoms with E-state index < -0.39 is 23.3 Å². The zero-order valence-electron chi connectivity index (χ0n) is 9.88. The van der Waals surface area contributed by atoms with Gasteiger partial charge in [0.2, 0.25) is 0 Å². The van der Waals surface area contributed by atoms with Gasteiger partial charge in [0, 0.05) is 6.54 Å². The number of oxime groups is 1. The number of carboxylic acid groups (broad SMARTS) is 1. The van der Waals surface area contributed by atoms with Crippen molar-refractivity contribution in [1.82, 2.24) is 9.62 Å². The summed E-state index contributed by atoms with van der Waals surface area (Å²) < 4.78 is 17.4. The molecule has 7 nitrogen and oxygen atoms in total. The maximum Gasteiger partial charge on any atom is 0.341 e. The van der Waals surface area contributed by atoms with Crippen molar-refractivity contribution in [3.8, 4) is 0 Å². The van der Waals surface area contributed by atoms with Crippen LogP contribution in [0.15, 0.2) is 5.16 Å². The van der Waals surface area contributed by atoms with E-state index in [1.807, 2.05) is 0 Å². The normalized spacial score (nSPS) is 20.9. The van der Waals surface area contributed by atoms with Crippen LogP contribution in [0, 0.1) is 0 Å². The average molecular weight is 263 g/mol. The Kier molecular flexibility index (Phi) is 5.36. The van der Waals surface area contributed by atoms with E-state index in [1.165, 1.54) is 0 Å². The van der Waals surface area contributed by atoms with Gasteiger partial charge in [0.15, 0.2) is 5.84 Å². The van der Waals surface area contributed by atoms with Crippen molar-refractivity contribution in [3.05, 3.63) is 0 Å². The van der Waals surface area contributed by atoms with E-state index in [4.69, 9.17) is 5.11 Å². The van der Waals surface area contributed by atoms with Gasteiger partial charge in [0.05, 0.1) is 0 Å². The van der Waals surface area contributed by atoms with Crippen LogP contribution in [0.5, 0.6) is 0 Å². The fraction of sp³-hybridized carbons (Fsp3) is 0.778. The molecular formula is C9H17N3O4S. The van der Waals surface area contributed by atoms with Crippen molar-refractivity contribution in [1.29, 1.82) is 0 Å². The number of hydrogen-bond acceptors (Lipinski definition) is 5. The number of nitrogens with one attached hydrogen (secondary N) is 1. The van der Waals surface area contributed by atoms with Gasteiger partial charge in [-0.25, -0.2) is 4.31 Å². The first kappa shape index (κ1) is 13.9. The van der Waals surface area contributed by atoms with Crippen molar-refractivity contribution in [3.63, 3.8) is 0 Å². The van der Waals surface area contributed by atoms with Gasteiger partial charge in [-0.1, -0.05) is 5.16 Å². The smallest absolute Gasteiger partial charge is 0.341 e. The zero-order chi connectivity index (χ0) is 12.8. The second-order valence-corrected chi connectivity index (χ2v) is 4.73. The summed E-state index contributed by atoms with van der Waals surface area (Å²) in [6.45, 7) is 2.27. The molecule has 0 aromatic heterocycles. The lowest BCUT2D eigenvalue weighted by Crippen LogP contribution is -2.34. The minimum Gasteiger partial charge on any atom is -0.480 e. The Bertz CT molecular complexity index is 334. The summed E-state index contributed by atoms with van der Waals surface area (Å²) in [4.78, 5) is 10.7. The summed E-state index contributed by atoms with van der Waals surface area (Å²) in [6.07, 6.45) is 2.02. The van der Waals surface area contributed by atoms with Gasteiger partial charge in [-0.05, 0) is 33.2 Å². The predicted octanol–water partition coefficient (Wildman–Crippen LogP) is 0.0736. The fourth-order valence-corrected chi connectivity index (χ4v) is 2.29. The minimum absolute atomic E-state index is 0.523. The highest BCUT2D eigenvalue weighted by molar-refractivity contribution is 7.78. The Balaban J connectivity index is 2.22. The number of hydrogen-bond donors (Lipinski definition) is 2. The van der Waals surface area contributed by atoms with Gasteiger partial charge >= 0.3 is 17.2 Å². The number of likely N-dealkylation sites (N-methyl/N-ethyl adjacent to an activating group) is 1. The molecule has 0 fully saturated rings. The standard InChI is InChI=1S/C9H17N3O4S/c1-7-11-16-17(15)12(7)6-4-3-5-8(10-2)9(13)14/h8,10H,3-6H2,1-2H3,(H,13,14). The van der Waals surface area contributed by atoms with Crippen molar-refractivity contribution in [2.45, 2.75) is 32.2 Å². The van der Waals surface area contributed by atoms with Gasteiger partial charge in [-0.3, -0.25) is 9.08 Å². The highest BCUT2D eigenvalue weighted by atomic mass is 32.2. The lowest BCUT2D eigenvalue weighted by molar-refractivity contribution is -0.139. The second-order valence-electron chi connectivity index (χ2n) is 3.71. The van der Waals surface area contributed by atoms with E-state index in [0.717, 1.165) is 12.8 Å². The van der Waals surface area contributed by atoms with Gasteiger partial charge in [-0.2, -0.15) is 4.21 Å². The summed E-state index contributed by atoms with van der Waals surface area (Å²) in [5, 5.41) is 15.1. The molecule has 0 saturated heterocycles. The average Bonchev–Trinajstić information content (AvgIpc) is 2.59. The SMILES string of the molecule is CNC(CCCCN1C(C)=NOS1=O)C(=O)O. The quantitative estimate of drug-likeness (QED) is 0.634. The highest BCUT2D eigenvalue weighted by Crippen LogP contribution is 2.11. The largest absolute Gasteiger partial charge is 0.480 e. The molecule has 1 aliphatic rings. The van der Waals surface area contributed by atoms with E-state index in [1.54, 1.807) is 18.3 Å². The van der Waals surface area contributed by atoms with Crippen LogP contribution in [0.25, 0.3) is 0 Å². The molecule has 17 heavy (non-hydrogen) atoms. The Morgan fingerprint density at radius 3 is 2.82 bits per heavy atom. The van der Waals surface area contributed by atoms with Gasteiger partial charge in [-0.15, -0.1) is 0 Å². The zero-order valence-corrected chi connectivity index (χ0v) is 10.7. The molecule has 0 bridgehead atoms. The molecule has 8 heteroatoms. The van der Waals surface area contributed by atoms with E-state index in [2.05, 4.69) is 14.8 Å². The van der Waals surface area contributed by atoms with Crippen LogP contribution in [0.4, 0.5) is 0 Å². The number of carboxylic acids is 1. The van der Waals surface area contributed by atoms with Crippen LogP contribution in [0.2, 0.25) is 0 Å². The molecule has 98 valence electrons. The van der Waals surface area contributed by atoms with Crippen LogP contribution in [0.1, 0.15) is 26.2 Å². The van der Waals surface area contributed by atoms with Gasteiger partial charge in [0.1, 0.15) is 6.04 Å². The fourth-order valence-electron chi connectivity index (χ4n) is 1.51. The molecular weight excluding hydrogens is 246 g/mol. The number of carbonyl (C=O) groups is 1. The van der Waals surface area contributed by atoms with E-state index in [-0.39, 0.29) is 0 Å². The van der Waals surface area contributed by atoms with Crippen molar-refractivity contribution in [2.75, 3.05) is 13.6 Å². The number of nitrogens with zero attached hydrogens (tertiary/aromatic N) is 2. The highest BCUT2D eigenvalue weighted by Gasteiger charge is 2.23. The molecule has 2 N–H and O–H groups in total. The first-order valence-electron chi connectivity index (χ1n) is 5.38. The maximum absolute atomic E-state index is 11.3. The molecule has 2 unspecified atom stereocenters. The Morgan fingerprint density at radius 2 is 2.35 bits per heavy atom. The first-order chi connectivity index (χ1) is 8.06. The molecule has 0 aromatic rings. The molecule has 1 rings (SSSR count). The molecule has 0 aromatic carbocycles. The topological polar surface area (TPSA) is 91.2 Å². The van der Waals surface area contributed by atoms with Gasteiger partial charge in [0.25, 0.3) is 0 Å². The number of unbranched alkanes of at least 4 members (excludes halogenated alkanes) is 1. The molecule has 0 radical (unpaired) electrons. The van der Waals surface area contributed by atoms with E-state index >= 15 is 0 Å². The van der Waals surface area contributed by atoms with Crippen LogP contribution in [-0.4, -0.2) is 45.1 Å². The predicted molar refractivity (Wildman–Crippen MR) is 63.4 cm³/mol. The maximum atomic E-state index is 11.3. The second kappa shape index (κ2) is 6.55. The summed E-state index contributed by atoms with van der Waals surface area (Å²) in [7, 11) is 1.62. The number of aliphatic carboxylic acids is 1. The minimum atomic E-state index is -1.52. The molecule has 0 amide bonds. The lowest BCUT2D eigenvalue weighted by Gasteiger charge is -2.14. The molecule has 0 saturated carbocycles. The Labute approximate surface area is 103 Å². The third kappa shape index (κ3) is 3.97. The van der Waals surface area contributed by atoms with Crippen LogP contribution >= 0.6 is 0 Å². The van der Waals surface area contributed by atoms with E-state index in [0.29, 0.717) is 18.8 Å². The van der Waals surface area contributed by atoms with Crippen molar-refractivity contribution in [2.24, 2.45) is 5.16 Å². The number of amidine groups is 1. The van der Waals surface area contributed by atoms with Crippen LogP contribution < -0.4 is 5.32 Å². The van der Waals surface area contributed by atoms with Crippen molar-refractivity contribution < 1.29 is 18.4 Å². The van der Waals surface area contributed by atoms with Crippen molar-refractivity contribution >= 4 is 23.1 Å². The molecule has 1 aliphatic heterocycles. The molecule has 0 spiro atoms. The van der Waals surface area contributed by atoms with E-state index in [9.17, 15) is 9.00 Å². The third-order valence-electron chi connectivity index (χ3n) is 2.52. The molecule has 1 heterocycles. The lowest BCUT2D eigenvalue weighted by atomic mass is 10.1. The first-order valence-corrected chi connectivity index (χ1v) is 6.41. The van der Waals surface area contributed by atoms with Crippen LogP contribution in [-0.2, 0) is 20.3 Å². The third-order valence-corrected chi connectivity index (χ3v) is 3.53. The molecule has 0 aliphatic carbocycles. The van der Waals surface area contributed by atoms with Crippen LogP contribution in [0.3, 0.4) is 0 Å². The summed E-state index contributed by atoms with van der Waals surface area (Å²) in [5.74, 6) is -0.259. The number of rotatable bonds is 7. The molecule has 2 atom stereocenters.